The van der Waals surface area contributed by atoms with Crippen LogP contribution < -0.4 is 21.1 Å². The van der Waals surface area contributed by atoms with E-state index in [1.54, 1.807) is 48.5 Å². The third kappa shape index (κ3) is 5.45. The zero-order chi connectivity index (χ0) is 18.5. The Kier molecular flexibility index (Phi) is 7.21. The number of carbonyl (C=O) groups excluding carboxylic acids is 2. The van der Waals surface area contributed by atoms with Crippen LogP contribution in [0, 0.1) is 5.92 Å². The molecule has 2 aromatic carbocycles. The van der Waals surface area contributed by atoms with E-state index in [0.717, 1.165) is 25.1 Å². The molecule has 1 saturated heterocycles. The number of ether oxygens (including phenoxy) is 1. The van der Waals surface area contributed by atoms with Gasteiger partial charge in [0.2, 0.25) is 5.91 Å². The number of nitrogens with two attached hydrogens (primary N) is 1. The van der Waals surface area contributed by atoms with Gasteiger partial charge in [-0.25, -0.2) is 0 Å². The molecule has 27 heavy (non-hydrogen) atoms. The first-order valence-electron chi connectivity index (χ1n) is 8.74. The number of hydrogen-bond donors (Lipinski definition) is 3. The fourth-order valence-electron chi connectivity index (χ4n) is 3.11. The number of rotatable bonds is 5. The van der Waals surface area contributed by atoms with Crippen LogP contribution in [0.1, 0.15) is 30.1 Å². The highest BCUT2D eigenvalue weighted by Gasteiger charge is 2.24. The molecule has 2 atom stereocenters. The molecule has 4 N–H and O–H groups in total. The lowest BCUT2D eigenvalue weighted by Crippen LogP contribution is -2.40. The summed E-state index contributed by atoms with van der Waals surface area (Å²) in [6, 6.07) is 14.2. The average molecular weight is 390 g/mol. The lowest BCUT2D eigenvalue weighted by molar-refractivity contribution is -0.120. The molecular formula is C20H24ClN3O3. The fourth-order valence-corrected chi connectivity index (χ4v) is 3.11. The molecule has 1 fully saturated rings. The van der Waals surface area contributed by atoms with Gasteiger partial charge in [0.05, 0.1) is 5.56 Å². The van der Waals surface area contributed by atoms with Crippen LogP contribution in [0.25, 0.3) is 0 Å². The lowest BCUT2D eigenvalue weighted by Gasteiger charge is -2.27. The van der Waals surface area contributed by atoms with Gasteiger partial charge < -0.3 is 21.1 Å². The monoisotopic (exact) mass is 389 g/mol. The number of halogens is 1. The quantitative estimate of drug-likeness (QED) is 0.731. The van der Waals surface area contributed by atoms with Crippen LogP contribution >= 0.6 is 12.4 Å². The summed E-state index contributed by atoms with van der Waals surface area (Å²) in [7, 11) is 0. The number of primary amides is 1. The summed E-state index contributed by atoms with van der Waals surface area (Å²) in [5.74, 6) is 0.504. The van der Waals surface area contributed by atoms with Gasteiger partial charge in [-0.05, 0) is 62.7 Å². The second-order valence-corrected chi connectivity index (χ2v) is 6.55. The molecule has 0 saturated carbocycles. The van der Waals surface area contributed by atoms with Crippen LogP contribution in [0.5, 0.6) is 11.5 Å². The van der Waals surface area contributed by atoms with Gasteiger partial charge in [0.25, 0.3) is 5.91 Å². The van der Waals surface area contributed by atoms with Gasteiger partial charge in [0, 0.05) is 17.6 Å². The van der Waals surface area contributed by atoms with Gasteiger partial charge in [-0.15, -0.1) is 12.4 Å². The summed E-state index contributed by atoms with van der Waals surface area (Å²) >= 11 is 0. The van der Waals surface area contributed by atoms with Crippen molar-refractivity contribution < 1.29 is 14.3 Å². The topological polar surface area (TPSA) is 93.4 Å². The van der Waals surface area contributed by atoms with E-state index >= 15 is 0 Å². The van der Waals surface area contributed by atoms with Crippen molar-refractivity contribution in [2.45, 2.75) is 25.8 Å². The largest absolute Gasteiger partial charge is 0.457 e. The summed E-state index contributed by atoms with van der Waals surface area (Å²) in [4.78, 5) is 23.8. The molecule has 7 heteroatoms. The predicted octanol–water partition coefficient (Wildman–Crippen LogP) is 3.33. The van der Waals surface area contributed by atoms with Gasteiger partial charge in [-0.1, -0.05) is 12.1 Å². The minimum atomic E-state index is -0.541. The summed E-state index contributed by atoms with van der Waals surface area (Å²) in [6.45, 7) is 2.96. The SMILES string of the molecule is C[C@H]1C[C@@H](C(=O)Nc2ccc(Oc3ccccc3C(N)=O)cc2)CCN1.Cl. The second kappa shape index (κ2) is 9.39. The molecule has 3 rings (SSSR count). The highest BCUT2D eigenvalue weighted by atomic mass is 35.5. The number of nitrogens with one attached hydrogen (secondary N) is 2. The smallest absolute Gasteiger partial charge is 0.252 e. The van der Waals surface area contributed by atoms with E-state index in [1.807, 2.05) is 0 Å². The average Bonchev–Trinajstić information content (AvgIpc) is 2.63. The van der Waals surface area contributed by atoms with Crippen LogP contribution in [-0.4, -0.2) is 24.4 Å². The van der Waals surface area contributed by atoms with E-state index in [4.69, 9.17) is 10.5 Å². The minimum Gasteiger partial charge on any atom is -0.457 e. The van der Waals surface area contributed by atoms with E-state index in [9.17, 15) is 9.59 Å². The molecule has 1 aliphatic heterocycles. The third-order valence-electron chi connectivity index (χ3n) is 4.50. The first-order chi connectivity index (χ1) is 12.5. The van der Waals surface area contributed by atoms with Gasteiger partial charge in [-0.2, -0.15) is 0 Å². The molecule has 1 heterocycles. The maximum Gasteiger partial charge on any atom is 0.252 e. The molecule has 0 aromatic heterocycles. The van der Waals surface area contributed by atoms with E-state index in [1.165, 1.54) is 0 Å². The van der Waals surface area contributed by atoms with Gasteiger partial charge in [-0.3, -0.25) is 9.59 Å². The fraction of sp³-hybridized carbons (Fsp3) is 0.300. The summed E-state index contributed by atoms with van der Waals surface area (Å²) in [5.41, 5.74) is 6.40. The van der Waals surface area contributed by atoms with Crippen molar-refractivity contribution in [1.82, 2.24) is 5.32 Å². The molecule has 0 radical (unpaired) electrons. The van der Waals surface area contributed by atoms with Crippen LogP contribution in [-0.2, 0) is 4.79 Å². The maximum absolute atomic E-state index is 12.4. The molecule has 2 amide bonds. The normalized spacial score (nSPS) is 18.9. The molecule has 0 bridgehead atoms. The van der Waals surface area contributed by atoms with Crippen molar-refractivity contribution in [1.29, 1.82) is 0 Å². The Morgan fingerprint density at radius 3 is 2.52 bits per heavy atom. The summed E-state index contributed by atoms with van der Waals surface area (Å²) < 4.78 is 5.74. The molecular weight excluding hydrogens is 366 g/mol. The third-order valence-corrected chi connectivity index (χ3v) is 4.50. The highest BCUT2D eigenvalue weighted by Crippen LogP contribution is 2.26. The molecule has 144 valence electrons. The van der Waals surface area contributed by atoms with Crippen molar-refractivity contribution in [3.8, 4) is 11.5 Å². The second-order valence-electron chi connectivity index (χ2n) is 6.55. The van der Waals surface area contributed by atoms with E-state index in [0.29, 0.717) is 23.1 Å². The van der Waals surface area contributed by atoms with Gasteiger partial charge >= 0.3 is 0 Å². The maximum atomic E-state index is 12.4. The number of anilines is 1. The Morgan fingerprint density at radius 1 is 1.15 bits per heavy atom. The van der Waals surface area contributed by atoms with Gasteiger partial charge in [0.15, 0.2) is 0 Å². The number of carbonyl (C=O) groups is 2. The summed E-state index contributed by atoms with van der Waals surface area (Å²) in [5, 5.41) is 6.30. The number of benzene rings is 2. The minimum absolute atomic E-state index is 0. The van der Waals surface area contributed by atoms with Crippen LogP contribution in [0.15, 0.2) is 48.5 Å². The van der Waals surface area contributed by atoms with E-state index in [2.05, 4.69) is 17.6 Å². The van der Waals surface area contributed by atoms with Crippen molar-refractivity contribution in [2.75, 3.05) is 11.9 Å². The first-order valence-corrected chi connectivity index (χ1v) is 8.74. The Bertz CT molecular complexity index is 795. The lowest BCUT2D eigenvalue weighted by atomic mass is 9.92. The van der Waals surface area contributed by atoms with Crippen molar-refractivity contribution in [3.63, 3.8) is 0 Å². The van der Waals surface area contributed by atoms with E-state index < -0.39 is 5.91 Å². The standard InChI is InChI=1S/C20H23N3O3.ClH/c1-13-12-14(10-11-22-13)20(25)23-15-6-8-16(9-7-15)26-18-5-3-2-4-17(18)19(21)24;/h2-9,13-14,22H,10-12H2,1H3,(H2,21,24)(H,23,25);1H/t13-,14-;/m0./s1. The van der Waals surface area contributed by atoms with E-state index in [-0.39, 0.29) is 24.2 Å². The Morgan fingerprint density at radius 2 is 1.85 bits per heavy atom. The summed E-state index contributed by atoms with van der Waals surface area (Å²) in [6.07, 6.45) is 1.69. The molecule has 0 spiro atoms. The molecule has 2 aromatic rings. The number of amides is 2. The molecule has 0 aliphatic carbocycles. The Balaban J connectivity index is 0.00000261. The zero-order valence-corrected chi connectivity index (χ0v) is 15.9. The Labute approximate surface area is 164 Å². The number of piperidine rings is 1. The number of hydrogen-bond acceptors (Lipinski definition) is 4. The Hall–Kier alpha value is -2.57. The van der Waals surface area contributed by atoms with Crippen LogP contribution in [0.3, 0.4) is 0 Å². The van der Waals surface area contributed by atoms with Crippen molar-refractivity contribution in [2.24, 2.45) is 11.7 Å². The van der Waals surface area contributed by atoms with Gasteiger partial charge in [0.1, 0.15) is 11.5 Å². The molecule has 6 nitrogen and oxygen atoms in total. The van der Waals surface area contributed by atoms with Crippen LogP contribution in [0.4, 0.5) is 5.69 Å². The first kappa shape index (κ1) is 20.7. The molecule has 0 unspecified atom stereocenters. The van der Waals surface area contributed by atoms with Crippen molar-refractivity contribution >= 4 is 29.9 Å². The predicted molar refractivity (Wildman–Crippen MR) is 108 cm³/mol. The highest BCUT2D eigenvalue weighted by molar-refractivity contribution is 5.95. The zero-order valence-electron chi connectivity index (χ0n) is 15.1. The van der Waals surface area contributed by atoms with Crippen molar-refractivity contribution in [3.05, 3.63) is 54.1 Å². The number of para-hydroxylation sites is 1. The van der Waals surface area contributed by atoms with Crippen LogP contribution in [0.2, 0.25) is 0 Å². The molecule has 1 aliphatic rings.